The molecular formula is C21H21N5O2. The molecule has 1 saturated heterocycles. The van der Waals surface area contributed by atoms with Gasteiger partial charge in [-0.05, 0) is 37.5 Å². The lowest BCUT2D eigenvalue weighted by Crippen LogP contribution is -2.49. The minimum atomic E-state index is -0.0823. The number of carbonyl (C=O) groups is 1. The summed E-state index contributed by atoms with van der Waals surface area (Å²) in [4.78, 5) is 27.3. The van der Waals surface area contributed by atoms with Gasteiger partial charge in [0.2, 0.25) is 0 Å². The van der Waals surface area contributed by atoms with Crippen molar-refractivity contribution in [2.75, 3.05) is 13.1 Å². The molecule has 2 atom stereocenters. The molecule has 2 aliphatic heterocycles. The minimum Gasteiger partial charge on any atom is -0.336 e. The summed E-state index contributed by atoms with van der Waals surface area (Å²) in [6, 6.07) is 15.1. The van der Waals surface area contributed by atoms with Gasteiger partial charge in [-0.15, -0.1) is 5.10 Å². The fourth-order valence-corrected chi connectivity index (χ4v) is 4.55. The molecule has 4 heterocycles. The van der Waals surface area contributed by atoms with Crippen LogP contribution in [0.25, 0.3) is 5.69 Å². The van der Waals surface area contributed by atoms with Crippen LogP contribution in [0, 0.1) is 12.8 Å². The predicted octanol–water partition coefficient (Wildman–Crippen LogP) is 2.00. The normalized spacial score (nSPS) is 20.7. The molecule has 0 spiro atoms. The molecule has 28 heavy (non-hydrogen) atoms. The molecular weight excluding hydrogens is 354 g/mol. The maximum Gasteiger partial charge on any atom is 0.276 e. The van der Waals surface area contributed by atoms with Gasteiger partial charge >= 0.3 is 0 Å². The van der Waals surface area contributed by atoms with Gasteiger partial charge in [-0.1, -0.05) is 29.5 Å². The van der Waals surface area contributed by atoms with Crippen LogP contribution in [0.4, 0.5) is 0 Å². The Morgan fingerprint density at radius 1 is 1.04 bits per heavy atom. The molecule has 0 saturated carbocycles. The molecule has 7 nitrogen and oxygen atoms in total. The van der Waals surface area contributed by atoms with Crippen LogP contribution in [-0.4, -0.2) is 43.5 Å². The van der Waals surface area contributed by atoms with E-state index in [4.69, 9.17) is 0 Å². The van der Waals surface area contributed by atoms with Gasteiger partial charge in [0.25, 0.3) is 11.5 Å². The number of hydrogen-bond acceptors (Lipinski definition) is 4. The third-order valence-electron chi connectivity index (χ3n) is 5.86. The number of amides is 1. The van der Waals surface area contributed by atoms with Gasteiger partial charge in [0.1, 0.15) is 0 Å². The van der Waals surface area contributed by atoms with E-state index >= 15 is 0 Å². The summed E-state index contributed by atoms with van der Waals surface area (Å²) in [5.41, 5.74) is 3.10. The summed E-state index contributed by atoms with van der Waals surface area (Å²) in [7, 11) is 0. The average Bonchev–Trinajstić information content (AvgIpc) is 3.10. The number of aromatic nitrogens is 4. The van der Waals surface area contributed by atoms with Crippen molar-refractivity contribution < 1.29 is 4.79 Å². The van der Waals surface area contributed by atoms with Crippen molar-refractivity contribution in [3.8, 4) is 5.69 Å². The largest absolute Gasteiger partial charge is 0.336 e. The van der Waals surface area contributed by atoms with E-state index in [0.29, 0.717) is 31.2 Å². The van der Waals surface area contributed by atoms with E-state index in [2.05, 4.69) is 10.3 Å². The van der Waals surface area contributed by atoms with E-state index in [1.807, 2.05) is 58.9 Å². The quantitative estimate of drug-likeness (QED) is 0.687. The molecule has 7 heteroatoms. The van der Waals surface area contributed by atoms with Gasteiger partial charge in [-0.2, -0.15) is 0 Å². The first-order valence-corrected chi connectivity index (χ1v) is 9.58. The molecule has 2 aliphatic rings. The lowest BCUT2D eigenvalue weighted by Gasteiger charge is -2.42. The fraction of sp³-hybridized carbons (Fsp3) is 0.333. The number of carbonyl (C=O) groups excluding carboxylic acids is 1. The monoisotopic (exact) mass is 375 g/mol. The number of benzene rings is 1. The highest BCUT2D eigenvalue weighted by atomic mass is 16.2. The molecule has 0 aliphatic carbocycles. The first-order valence-electron chi connectivity index (χ1n) is 9.58. The Morgan fingerprint density at radius 2 is 1.86 bits per heavy atom. The van der Waals surface area contributed by atoms with Gasteiger partial charge in [0, 0.05) is 37.3 Å². The molecule has 1 aromatic carbocycles. The second-order valence-electron chi connectivity index (χ2n) is 7.68. The summed E-state index contributed by atoms with van der Waals surface area (Å²) in [5.74, 6) is 0.399. The van der Waals surface area contributed by atoms with Crippen LogP contribution < -0.4 is 5.56 Å². The Kier molecular flexibility index (Phi) is 3.89. The van der Waals surface area contributed by atoms with Crippen molar-refractivity contribution in [1.29, 1.82) is 0 Å². The van der Waals surface area contributed by atoms with Gasteiger partial charge in [0.15, 0.2) is 5.69 Å². The van der Waals surface area contributed by atoms with Crippen molar-refractivity contribution in [2.24, 2.45) is 5.92 Å². The second kappa shape index (κ2) is 6.44. The maximum absolute atomic E-state index is 13.2. The van der Waals surface area contributed by atoms with Crippen molar-refractivity contribution >= 4 is 5.91 Å². The summed E-state index contributed by atoms with van der Waals surface area (Å²) >= 11 is 0. The minimum absolute atomic E-state index is 0.0497. The number of hydrogen-bond donors (Lipinski definition) is 0. The van der Waals surface area contributed by atoms with Crippen LogP contribution in [-0.2, 0) is 6.54 Å². The van der Waals surface area contributed by atoms with Gasteiger partial charge < -0.3 is 9.47 Å². The standard InChI is InChI=1S/C21H21N5O2/c1-14-20(22-23-26(14)17-6-3-2-4-7-17)21(28)24-11-15-10-16(13-24)18-8-5-9-19(27)25(18)12-15/h2-9,15-16H,10-13H2,1H3. The Labute approximate surface area is 162 Å². The predicted molar refractivity (Wildman–Crippen MR) is 104 cm³/mol. The van der Waals surface area contributed by atoms with Crippen molar-refractivity contribution in [2.45, 2.75) is 25.8 Å². The van der Waals surface area contributed by atoms with Crippen LogP contribution in [0.15, 0.2) is 53.3 Å². The van der Waals surface area contributed by atoms with E-state index in [0.717, 1.165) is 23.5 Å². The van der Waals surface area contributed by atoms with Crippen molar-refractivity contribution in [1.82, 2.24) is 24.5 Å². The molecule has 2 bridgehead atoms. The number of nitrogens with zero attached hydrogens (tertiary/aromatic N) is 5. The maximum atomic E-state index is 13.2. The molecule has 142 valence electrons. The third-order valence-corrected chi connectivity index (χ3v) is 5.86. The third kappa shape index (κ3) is 2.66. The first kappa shape index (κ1) is 16.9. The number of fused-ring (bicyclic) bond motifs is 4. The van der Waals surface area contributed by atoms with Crippen LogP contribution in [0.3, 0.4) is 0 Å². The van der Waals surface area contributed by atoms with Gasteiger partial charge in [-0.25, -0.2) is 4.68 Å². The lowest BCUT2D eigenvalue weighted by molar-refractivity contribution is 0.0588. The van der Waals surface area contributed by atoms with E-state index in [-0.39, 0.29) is 17.4 Å². The van der Waals surface area contributed by atoms with Gasteiger partial charge in [-0.3, -0.25) is 9.59 Å². The summed E-state index contributed by atoms with van der Waals surface area (Å²) in [6.07, 6.45) is 1.02. The topological polar surface area (TPSA) is 73.0 Å². The highest BCUT2D eigenvalue weighted by Crippen LogP contribution is 2.35. The summed E-state index contributed by atoms with van der Waals surface area (Å²) in [5, 5.41) is 8.38. The molecule has 1 amide bonds. The molecule has 0 N–H and O–H groups in total. The molecule has 3 aromatic rings. The van der Waals surface area contributed by atoms with Crippen molar-refractivity contribution in [3.05, 3.63) is 76.0 Å². The Balaban J connectivity index is 1.43. The first-order chi connectivity index (χ1) is 13.6. The zero-order valence-electron chi connectivity index (χ0n) is 15.7. The molecule has 2 aromatic heterocycles. The molecule has 1 fully saturated rings. The highest BCUT2D eigenvalue weighted by Gasteiger charge is 2.37. The van der Waals surface area contributed by atoms with Gasteiger partial charge in [0.05, 0.1) is 11.4 Å². The fourth-order valence-electron chi connectivity index (χ4n) is 4.55. The van der Waals surface area contributed by atoms with E-state index < -0.39 is 0 Å². The average molecular weight is 375 g/mol. The zero-order valence-corrected chi connectivity index (χ0v) is 15.7. The Hall–Kier alpha value is -3.22. The van der Waals surface area contributed by atoms with Crippen LogP contribution in [0.2, 0.25) is 0 Å². The number of pyridine rings is 1. The van der Waals surface area contributed by atoms with Crippen LogP contribution >= 0.6 is 0 Å². The summed E-state index contributed by atoms with van der Waals surface area (Å²) < 4.78 is 3.57. The zero-order chi connectivity index (χ0) is 19.3. The van der Waals surface area contributed by atoms with Crippen LogP contribution in [0.5, 0.6) is 0 Å². The molecule has 5 rings (SSSR count). The second-order valence-corrected chi connectivity index (χ2v) is 7.68. The Bertz CT molecular complexity index is 1100. The number of para-hydroxylation sites is 1. The lowest BCUT2D eigenvalue weighted by atomic mass is 9.83. The molecule has 2 unspecified atom stereocenters. The highest BCUT2D eigenvalue weighted by molar-refractivity contribution is 5.93. The molecule has 0 radical (unpaired) electrons. The summed E-state index contributed by atoms with van der Waals surface area (Å²) in [6.45, 7) is 3.80. The smallest absolute Gasteiger partial charge is 0.276 e. The van der Waals surface area contributed by atoms with E-state index in [1.165, 1.54) is 0 Å². The Morgan fingerprint density at radius 3 is 2.68 bits per heavy atom. The number of rotatable bonds is 2. The van der Waals surface area contributed by atoms with E-state index in [9.17, 15) is 9.59 Å². The number of piperidine rings is 1. The van der Waals surface area contributed by atoms with Crippen LogP contribution in [0.1, 0.15) is 34.2 Å². The number of likely N-dealkylation sites (tertiary alicyclic amines) is 1. The SMILES string of the molecule is Cc1c(C(=O)N2CC3CC(C2)c2cccc(=O)n2C3)nnn1-c1ccccc1. The van der Waals surface area contributed by atoms with Crippen molar-refractivity contribution in [3.63, 3.8) is 0 Å². The van der Waals surface area contributed by atoms with E-state index in [1.54, 1.807) is 10.7 Å².